The Balaban J connectivity index is 1.67. The largest absolute Gasteiger partial charge is 0.497 e. The van der Waals surface area contributed by atoms with E-state index in [1.165, 1.54) is 19.2 Å². The summed E-state index contributed by atoms with van der Waals surface area (Å²) in [4.78, 5) is 4.69. The van der Waals surface area contributed by atoms with Gasteiger partial charge in [-0.3, -0.25) is 0 Å². The van der Waals surface area contributed by atoms with Crippen LogP contribution in [0.1, 0.15) is 11.1 Å². The van der Waals surface area contributed by atoms with Crippen LogP contribution in [0.25, 0.3) is 10.9 Å². The number of benzene rings is 2. The standard InChI is InChI=1S/C20H20N4O3S/c1-14-4-3-5-15-12-16(13-21)20(24-19(14)15)22-10-11-23-28(25,26)18-8-6-17(27-2)7-9-18/h3-9,12,23H,10-11H2,1-2H3,(H,22,24). The second-order valence-corrected chi connectivity index (χ2v) is 7.91. The van der Waals surface area contributed by atoms with Gasteiger partial charge >= 0.3 is 0 Å². The molecule has 1 aromatic heterocycles. The first-order valence-corrected chi connectivity index (χ1v) is 10.1. The van der Waals surface area contributed by atoms with Gasteiger partial charge in [0.25, 0.3) is 0 Å². The van der Waals surface area contributed by atoms with Crippen molar-refractivity contribution < 1.29 is 13.2 Å². The highest BCUT2D eigenvalue weighted by Gasteiger charge is 2.13. The fourth-order valence-corrected chi connectivity index (χ4v) is 3.80. The molecule has 0 aliphatic rings. The lowest BCUT2D eigenvalue weighted by Gasteiger charge is -2.11. The first-order chi connectivity index (χ1) is 13.4. The van der Waals surface area contributed by atoms with Crippen molar-refractivity contribution in [3.05, 3.63) is 59.7 Å². The van der Waals surface area contributed by atoms with E-state index in [0.717, 1.165) is 16.5 Å². The SMILES string of the molecule is COc1ccc(S(=O)(=O)NCCNc2nc3c(C)cccc3cc2C#N)cc1. The first kappa shape index (κ1) is 19.6. The molecule has 144 valence electrons. The van der Waals surface area contributed by atoms with Gasteiger partial charge in [0.05, 0.1) is 23.1 Å². The molecule has 0 amide bonds. The number of para-hydroxylation sites is 1. The number of methoxy groups -OCH3 is 1. The van der Waals surface area contributed by atoms with Crippen molar-refractivity contribution in [2.24, 2.45) is 0 Å². The number of aromatic nitrogens is 1. The Hall–Kier alpha value is -3.15. The van der Waals surface area contributed by atoms with Crippen molar-refractivity contribution in [2.75, 3.05) is 25.5 Å². The van der Waals surface area contributed by atoms with E-state index in [0.29, 0.717) is 17.1 Å². The number of fused-ring (bicyclic) bond motifs is 1. The zero-order chi connectivity index (χ0) is 20.1. The number of anilines is 1. The Morgan fingerprint density at radius 3 is 2.57 bits per heavy atom. The molecule has 8 heteroatoms. The molecule has 7 nitrogen and oxygen atoms in total. The minimum absolute atomic E-state index is 0.146. The van der Waals surface area contributed by atoms with Crippen molar-refractivity contribution in [3.63, 3.8) is 0 Å². The van der Waals surface area contributed by atoms with Crippen LogP contribution in [0.15, 0.2) is 53.4 Å². The molecule has 3 aromatic rings. The molecule has 0 atom stereocenters. The van der Waals surface area contributed by atoms with Crippen molar-refractivity contribution in [2.45, 2.75) is 11.8 Å². The molecule has 2 aromatic carbocycles. The molecule has 0 saturated heterocycles. The summed E-state index contributed by atoms with van der Waals surface area (Å²) in [5, 5.41) is 13.3. The van der Waals surface area contributed by atoms with Crippen LogP contribution >= 0.6 is 0 Å². The van der Waals surface area contributed by atoms with E-state index in [1.807, 2.05) is 25.1 Å². The maximum absolute atomic E-state index is 12.3. The number of pyridine rings is 1. The average molecular weight is 396 g/mol. The number of hydrogen-bond acceptors (Lipinski definition) is 6. The average Bonchev–Trinajstić information content (AvgIpc) is 2.71. The van der Waals surface area contributed by atoms with Crippen LogP contribution < -0.4 is 14.8 Å². The monoisotopic (exact) mass is 396 g/mol. The molecule has 3 rings (SSSR count). The van der Waals surface area contributed by atoms with E-state index in [4.69, 9.17) is 4.74 Å². The lowest BCUT2D eigenvalue weighted by molar-refractivity contribution is 0.414. The van der Waals surface area contributed by atoms with E-state index in [-0.39, 0.29) is 18.0 Å². The Bertz CT molecular complexity index is 1140. The zero-order valence-corrected chi connectivity index (χ0v) is 16.4. The third-order valence-corrected chi connectivity index (χ3v) is 5.72. The smallest absolute Gasteiger partial charge is 0.240 e. The second kappa shape index (κ2) is 8.25. The number of sulfonamides is 1. The Kier molecular flexibility index (Phi) is 5.78. The Morgan fingerprint density at radius 2 is 1.89 bits per heavy atom. The van der Waals surface area contributed by atoms with Gasteiger partial charge in [0.15, 0.2) is 0 Å². The molecule has 0 fully saturated rings. The van der Waals surface area contributed by atoms with E-state index in [9.17, 15) is 13.7 Å². The lowest BCUT2D eigenvalue weighted by Crippen LogP contribution is -2.29. The van der Waals surface area contributed by atoms with Gasteiger partial charge in [-0.15, -0.1) is 0 Å². The van der Waals surface area contributed by atoms with Crippen LogP contribution in [-0.2, 0) is 10.0 Å². The van der Waals surface area contributed by atoms with Gasteiger partial charge in [-0.05, 0) is 42.8 Å². The molecular formula is C20H20N4O3S. The summed E-state index contributed by atoms with van der Waals surface area (Å²) in [6.07, 6.45) is 0. The topological polar surface area (TPSA) is 104 Å². The molecule has 2 N–H and O–H groups in total. The highest BCUT2D eigenvalue weighted by Crippen LogP contribution is 2.22. The molecule has 0 spiro atoms. The van der Waals surface area contributed by atoms with Gasteiger partial charge in [-0.1, -0.05) is 18.2 Å². The summed E-state index contributed by atoms with van der Waals surface area (Å²) in [5.41, 5.74) is 2.23. The molecule has 1 heterocycles. The van der Waals surface area contributed by atoms with Crippen LogP contribution in [0, 0.1) is 18.3 Å². The predicted molar refractivity (Wildman–Crippen MR) is 108 cm³/mol. The van der Waals surface area contributed by atoms with Gasteiger partial charge in [0.2, 0.25) is 10.0 Å². The quantitative estimate of drug-likeness (QED) is 0.595. The summed E-state index contributed by atoms with van der Waals surface area (Å²) in [6, 6.07) is 15.8. The van der Waals surface area contributed by atoms with Gasteiger partial charge in [0.1, 0.15) is 17.6 Å². The highest BCUT2D eigenvalue weighted by atomic mass is 32.2. The molecule has 0 aliphatic heterocycles. The molecule has 0 saturated carbocycles. The number of rotatable bonds is 7. The number of nitrogens with one attached hydrogen (secondary N) is 2. The molecule has 0 unspecified atom stereocenters. The van der Waals surface area contributed by atoms with Gasteiger partial charge in [0, 0.05) is 18.5 Å². The van der Waals surface area contributed by atoms with Crippen molar-refractivity contribution >= 4 is 26.7 Å². The fraction of sp³-hybridized carbons (Fsp3) is 0.200. The van der Waals surface area contributed by atoms with Crippen LogP contribution in [0.5, 0.6) is 5.75 Å². The van der Waals surface area contributed by atoms with Crippen molar-refractivity contribution in [1.82, 2.24) is 9.71 Å². The van der Waals surface area contributed by atoms with Crippen LogP contribution in [-0.4, -0.2) is 33.6 Å². The summed E-state index contributed by atoms with van der Waals surface area (Å²) in [5.74, 6) is 1.02. The summed E-state index contributed by atoms with van der Waals surface area (Å²) < 4.78 is 32.2. The van der Waals surface area contributed by atoms with Gasteiger partial charge in [-0.25, -0.2) is 18.1 Å². The third kappa shape index (κ3) is 4.22. The number of hydrogen-bond donors (Lipinski definition) is 2. The fourth-order valence-electron chi connectivity index (χ4n) is 2.77. The minimum atomic E-state index is -3.63. The highest BCUT2D eigenvalue weighted by molar-refractivity contribution is 7.89. The first-order valence-electron chi connectivity index (χ1n) is 8.62. The number of ether oxygens (including phenoxy) is 1. The van der Waals surface area contributed by atoms with Crippen LogP contribution in [0.2, 0.25) is 0 Å². The van der Waals surface area contributed by atoms with Crippen LogP contribution in [0.4, 0.5) is 5.82 Å². The summed E-state index contributed by atoms with van der Waals surface area (Å²) >= 11 is 0. The molecule has 0 aliphatic carbocycles. The van der Waals surface area contributed by atoms with E-state index in [2.05, 4.69) is 21.1 Å². The zero-order valence-electron chi connectivity index (χ0n) is 15.6. The van der Waals surface area contributed by atoms with Crippen molar-refractivity contribution in [3.8, 4) is 11.8 Å². The van der Waals surface area contributed by atoms with Crippen molar-refractivity contribution in [1.29, 1.82) is 5.26 Å². The summed E-state index contributed by atoms with van der Waals surface area (Å²) in [7, 11) is -2.11. The van der Waals surface area contributed by atoms with Gasteiger partial charge in [-0.2, -0.15) is 5.26 Å². The molecule has 28 heavy (non-hydrogen) atoms. The van der Waals surface area contributed by atoms with E-state index < -0.39 is 10.0 Å². The molecular weight excluding hydrogens is 376 g/mol. The van der Waals surface area contributed by atoms with E-state index in [1.54, 1.807) is 18.2 Å². The second-order valence-electron chi connectivity index (χ2n) is 6.14. The summed E-state index contributed by atoms with van der Waals surface area (Å²) in [6.45, 7) is 2.38. The maximum Gasteiger partial charge on any atom is 0.240 e. The number of nitriles is 1. The maximum atomic E-state index is 12.3. The van der Waals surface area contributed by atoms with Gasteiger partial charge < -0.3 is 10.1 Å². The Morgan fingerprint density at radius 1 is 1.14 bits per heavy atom. The number of aryl methyl sites for hydroxylation is 1. The number of nitrogens with zero attached hydrogens (tertiary/aromatic N) is 2. The molecule has 0 bridgehead atoms. The van der Waals surface area contributed by atoms with E-state index >= 15 is 0 Å². The minimum Gasteiger partial charge on any atom is -0.497 e. The molecule has 0 radical (unpaired) electrons. The van der Waals surface area contributed by atoms with Crippen LogP contribution in [0.3, 0.4) is 0 Å². The Labute approximate surface area is 164 Å². The third-order valence-electron chi connectivity index (χ3n) is 4.25. The normalized spacial score (nSPS) is 11.2. The lowest BCUT2D eigenvalue weighted by atomic mass is 10.1. The predicted octanol–water partition coefficient (Wildman–Crippen LogP) is 2.81.